The van der Waals surface area contributed by atoms with E-state index in [4.69, 9.17) is 5.11 Å². The van der Waals surface area contributed by atoms with Gasteiger partial charge in [-0.15, -0.1) is 0 Å². The molecule has 3 aliphatic rings. The Morgan fingerprint density at radius 1 is 1.12 bits per heavy atom. The maximum Gasteiger partial charge on any atom is 0.139 e. The van der Waals surface area contributed by atoms with Crippen LogP contribution >= 0.6 is 0 Å². The Labute approximate surface area is 157 Å². The Hall–Kier alpha value is -0.870. The summed E-state index contributed by atoms with van der Waals surface area (Å²) < 4.78 is 0. The molecular formula is C22H36O4. The van der Waals surface area contributed by atoms with Crippen LogP contribution in [0.15, 0.2) is 11.8 Å². The molecule has 148 valence electrons. The molecule has 3 fully saturated rings. The van der Waals surface area contributed by atoms with Crippen molar-refractivity contribution in [1.29, 1.82) is 0 Å². The summed E-state index contributed by atoms with van der Waals surface area (Å²) in [6.45, 7) is 0.246. The topological polar surface area (TPSA) is 77.8 Å². The molecule has 0 aliphatic heterocycles. The monoisotopic (exact) mass is 364 g/mol. The van der Waals surface area contributed by atoms with Gasteiger partial charge in [-0.1, -0.05) is 32.1 Å². The third-order valence-corrected chi connectivity index (χ3v) is 7.20. The molecule has 3 N–H and O–H groups in total. The standard InChI is InChI=1S/C22H36O4/c23-12-5-3-1-2-4-7-17-19(25)13-20(26)21(17)18(24)9-8-16-14-22(15-16)10-6-11-22/h9,16-17,20-21,23-24,26H,1-8,10-15H2/b18-9+. The second kappa shape index (κ2) is 8.88. The van der Waals surface area contributed by atoms with Gasteiger partial charge in [-0.2, -0.15) is 0 Å². The Kier molecular flexibility index (Phi) is 6.79. The molecule has 0 amide bonds. The molecule has 3 saturated carbocycles. The molecule has 3 atom stereocenters. The van der Waals surface area contributed by atoms with E-state index in [0.29, 0.717) is 11.3 Å². The van der Waals surface area contributed by atoms with Crippen LogP contribution < -0.4 is 0 Å². The minimum Gasteiger partial charge on any atom is -0.512 e. The third-order valence-electron chi connectivity index (χ3n) is 7.20. The molecule has 0 aromatic heterocycles. The number of aliphatic hydroxyl groups excluding tert-OH is 3. The highest BCUT2D eigenvalue weighted by molar-refractivity contribution is 5.84. The van der Waals surface area contributed by atoms with Crippen molar-refractivity contribution in [2.75, 3.05) is 6.61 Å². The minimum absolute atomic E-state index is 0.106. The largest absolute Gasteiger partial charge is 0.512 e. The van der Waals surface area contributed by atoms with Gasteiger partial charge in [0.15, 0.2) is 0 Å². The summed E-state index contributed by atoms with van der Waals surface area (Å²) in [7, 11) is 0. The highest BCUT2D eigenvalue weighted by Gasteiger charge is 2.48. The van der Waals surface area contributed by atoms with Gasteiger partial charge in [0.25, 0.3) is 0 Å². The first-order valence-corrected chi connectivity index (χ1v) is 10.8. The number of carbonyl (C=O) groups excluding carboxylic acids is 1. The summed E-state index contributed by atoms with van der Waals surface area (Å²) in [6.07, 6.45) is 14.7. The van der Waals surface area contributed by atoms with Crippen molar-refractivity contribution in [3.63, 3.8) is 0 Å². The van der Waals surface area contributed by atoms with E-state index in [1.54, 1.807) is 0 Å². The first-order chi connectivity index (χ1) is 12.5. The number of hydrogen-bond donors (Lipinski definition) is 3. The van der Waals surface area contributed by atoms with Gasteiger partial charge >= 0.3 is 0 Å². The van der Waals surface area contributed by atoms with Crippen molar-refractivity contribution in [3.8, 4) is 0 Å². The Morgan fingerprint density at radius 3 is 2.46 bits per heavy atom. The number of ketones is 1. The molecule has 0 aromatic rings. The van der Waals surface area contributed by atoms with Crippen molar-refractivity contribution in [2.45, 2.75) is 89.6 Å². The van der Waals surface area contributed by atoms with Crippen molar-refractivity contribution < 1.29 is 20.1 Å². The number of hydrogen-bond acceptors (Lipinski definition) is 4. The smallest absolute Gasteiger partial charge is 0.139 e. The fraction of sp³-hybridized carbons (Fsp3) is 0.864. The zero-order valence-electron chi connectivity index (χ0n) is 16.0. The number of aliphatic hydroxyl groups is 3. The summed E-state index contributed by atoms with van der Waals surface area (Å²) in [5, 5.41) is 29.7. The molecule has 4 nitrogen and oxygen atoms in total. The molecule has 0 radical (unpaired) electrons. The van der Waals surface area contributed by atoms with Gasteiger partial charge in [0.2, 0.25) is 0 Å². The van der Waals surface area contributed by atoms with Gasteiger partial charge in [-0.25, -0.2) is 0 Å². The van der Waals surface area contributed by atoms with Crippen LogP contribution in [0.2, 0.25) is 0 Å². The van der Waals surface area contributed by atoms with Gasteiger partial charge in [0.05, 0.1) is 17.8 Å². The highest BCUT2D eigenvalue weighted by Crippen LogP contribution is 2.59. The van der Waals surface area contributed by atoms with Crippen molar-refractivity contribution >= 4 is 5.78 Å². The predicted molar refractivity (Wildman–Crippen MR) is 102 cm³/mol. The van der Waals surface area contributed by atoms with Crippen molar-refractivity contribution in [1.82, 2.24) is 0 Å². The lowest BCUT2D eigenvalue weighted by Crippen LogP contribution is -2.42. The molecule has 4 heteroatoms. The van der Waals surface area contributed by atoms with E-state index in [1.165, 1.54) is 32.1 Å². The van der Waals surface area contributed by atoms with Crippen LogP contribution in [0.5, 0.6) is 0 Å². The Balaban J connectivity index is 1.45. The van der Waals surface area contributed by atoms with Crippen LogP contribution in [0.4, 0.5) is 0 Å². The molecule has 1 spiro atoms. The van der Waals surface area contributed by atoms with E-state index < -0.39 is 12.0 Å². The van der Waals surface area contributed by atoms with Gasteiger partial charge in [-0.05, 0) is 62.4 Å². The molecule has 26 heavy (non-hydrogen) atoms. The number of unbranched alkanes of at least 4 members (excludes halogenated alkanes) is 4. The predicted octanol–water partition coefficient (Wildman–Crippen LogP) is 4.30. The fourth-order valence-corrected chi connectivity index (χ4v) is 5.54. The molecule has 0 heterocycles. The van der Waals surface area contributed by atoms with E-state index in [0.717, 1.165) is 44.9 Å². The fourth-order valence-electron chi connectivity index (χ4n) is 5.54. The summed E-state index contributed by atoms with van der Waals surface area (Å²) in [5.74, 6) is 0.422. The summed E-state index contributed by atoms with van der Waals surface area (Å²) in [6, 6.07) is 0. The molecule has 0 aromatic carbocycles. The Bertz CT molecular complexity index is 500. The zero-order chi connectivity index (χ0) is 18.6. The lowest BCUT2D eigenvalue weighted by Gasteiger charge is -2.54. The quantitative estimate of drug-likeness (QED) is 0.399. The number of allylic oxidation sites excluding steroid dienone is 1. The molecule has 3 unspecified atom stereocenters. The van der Waals surface area contributed by atoms with E-state index in [-0.39, 0.29) is 30.5 Å². The minimum atomic E-state index is -0.725. The van der Waals surface area contributed by atoms with Crippen LogP contribution in [0.25, 0.3) is 0 Å². The molecule has 3 rings (SSSR count). The third kappa shape index (κ3) is 4.51. The van der Waals surface area contributed by atoms with E-state index in [9.17, 15) is 15.0 Å². The van der Waals surface area contributed by atoms with Gasteiger partial charge < -0.3 is 15.3 Å². The second-order valence-corrected chi connectivity index (χ2v) is 9.14. The molecule has 0 saturated heterocycles. The second-order valence-electron chi connectivity index (χ2n) is 9.14. The molecule has 0 bridgehead atoms. The van der Waals surface area contributed by atoms with Crippen LogP contribution in [0.1, 0.15) is 83.5 Å². The average molecular weight is 365 g/mol. The zero-order valence-corrected chi connectivity index (χ0v) is 16.0. The van der Waals surface area contributed by atoms with Crippen LogP contribution in [-0.2, 0) is 4.79 Å². The number of carbonyl (C=O) groups is 1. The van der Waals surface area contributed by atoms with E-state index in [1.807, 2.05) is 6.08 Å². The summed E-state index contributed by atoms with van der Waals surface area (Å²) in [4.78, 5) is 12.3. The van der Waals surface area contributed by atoms with Crippen molar-refractivity contribution in [3.05, 3.63) is 11.8 Å². The molecule has 3 aliphatic carbocycles. The first-order valence-electron chi connectivity index (χ1n) is 10.8. The SMILES string of the molecule is O=C1CC(O)C(/C(O)=C\CC2CC3(CCC3)C2)C1CCCCCCCO. The number of Topliss-reactive ketones (excluding diaryl/α,β-unsaturated/α-hetero) is 1. The average Bonchev–Trinajstić information content (AvgIpc) is 2.81. The summed E-state index contributed by atoms with van der Waals surface area (Å²) in [5.41, 5.74) is 0.648. The maximum absolute atomic E-state index is 12.3. The van der Waals surface area contributed by atoms with E-state index >= 15 is 0 Å². The number of rotatable bonds is 10. The van der Waals surface area contributed by atoms with Crippen LogP contribution in [-0.4, -0.2) is 33.8 Å². The van der Waals surface area contributed by atoms with Gasteiger partial charge in [0.1, 0.15) is 5.78 Å². The van der Waals surface area contributed by atoms with Gasteiger partial charge in [-0.3, -0.25) is 4.79 Å². The van der Waals surface area contributed by atoms with Crippen LogP contribution in [0.3, 0.4) is 0 Å². The maximum atomic E-state index is 12.3. The van der Waals surface area contributed by atoms with E-state index in [2.05, 4.69) is 0 Å². The van der Waals surface area contributed by atoms with Gasteiger partial charge in [0, 0.05) is 18.9 Å². The Morgan fingerprint density at radius 2 is 1.81 bits per heavy atom. The summed E-state index contributed by atoms with van der Waals surface area (Å²) >= 11 is 0. The lowest BCUT2D eigenvalue weighted by molar-refractivity contribution is -0.121. The van der Waals surface area contributed by atoms with Crippen molar-refractivity contribution in [2.24, 2.45) is 23.2 Å². The highest BCUT2D eigenvalue weighted by atomic mass is 16.3. The molecular weight excluding hydrogens is 328 g/mol. The lowest BCUT2D eigenvalue weighted by atomic mass is 9.51. The first kappa shape index (κ1) is 19.9. The van der Waals surface area contributed by atoms with Crippen LogP contribution in [0, 0.1) is 23.2 Å². The normalized spacial score (nSPS) is 31.2.